The van der Waals surface area contributed by atoms with Crippen LogP contribution < -0.4 is 20.7 Å². The standard InChI is InChI=1S/C21H20ClF3N8O2/c22-14-9-13(21(23,24)25)10-16(11-14)31-20(34)33-7-5-32(6-8-33)17-18(28-4-3-27-17)35-12-15-1-2-29-19(26)30-15/h1-4,9-11H,5-8,12H2,(H,31,34)(H2,26,29,30). The molecule has 1 saturated heterocycles. The van der Waals surface area contributed by atoms with Crippen molar-refractivity contribution in [1.82, 2.24) is 24.8 Å². The van der Waals surface area contributed by atoms with Gasteiger partial charge in [-0.1, -0.05) is 11.6 Å². The molecule has 2 amide bonds. The lowest BCUT2D eigenvalue weighted by molar-refractivity contribution is -0.137. The van der Waals surface area contributed by atoms with Crippen molar-refractivity contribution >= 4 is 35.1 Å². The fraction of sp³-hybridized carbons (Fsp3) is 0.286. The number of hydrogen-bond acceptors (Lipinski definition) is 8. The molecule has 3 heterocycles. The number of halogens is 4. The van der Waals surface area contributed by atoms with E-state index in [1.54, 1.807) is 6.07 Å². The van der Waals surface area contributed by atoms with Crippen molar-refractivity contribution in [2.24, 2.45) is 0 Å². The maximum Gasteiger partial charge on any atom is 0.416 e. The fourth-order valence-corrected chi connectivity index (χ4v) is 3.66. The van der Waals surface area contributed by atoms with Gasteiger partial charge in [0, 0.05) is 55.5 Å². The quantitative estimate of drug-likeness (QED) is 0.537. The third kappa shape index (κ3) is 6.18. The topological polar surface area (TPSA) is 122 Å². The van der Waals surface area contributed by atoms with Crippen LogP contribution in [0.5, 0.6) is 5.88 Å². The molecule has 0 aliphatic carbocycles. The number of piperazine rings is 1. The van der Waals surface area contributed by atoms with E-state index in [1.165, 1.54) is 29.6 Å². The summed E-state index contributed by atoms with van der Waals surface area (Å²) in [6.45, 7) is 1.53. The van der Waals surface area contributed by atoms with Gasteiger partial charge < -0.3 is 25.6 Å². The highest BCUT2D eigenvalue weighted by Crippen LogP contribution is 2.33. The van der Waals surface area contributed by atoms with Gasteiger partial charge in [-0.25, -0.2) is 24.7 Å². The molecule has 1 aliphatic rings. The summed E-state index contributed by atoms with van der Waals surface area (Å²) in [6, 6.07) is 4.04. The number of carbonyl (C=O) groups excluding carboxylic acids is 1. The number of urea groups is 1. The molecule has 4 rings (SSSR count). The van der Waals surface area contributed by atoms with Crippen LogP contribution in [0, 0.1) is 0 Å². The van der Waals surface area contributed by atoms with E-state index in [4.69, 9.17) is 22.1 Å². The lowest BCUT2D eigenvalue weighted by atomic mass is 10.2. The van der Waals surface area contributed by atoms with Gasteiger partial charge in [0.2, 0.25) is 5.95 Å². The average Bonchev–Trinajstić information content (AvgIpc) is 2.82. The number of nitrogens with zero attached hydrogens (tertiary/aromatic N) is 6. The average molecular weight is 509 g/mol. The van der Waals surface area contributed by atoms with Crippen LogP contribution in [0.1, 0.15) is 11.3 Å². The third-order valence-corrected chi connectivity index (χ3v) is 5.30. The predicted molar refractivity (Wildman–Crippen MR) is 122 cm³/mol. The minimum atomic E-state index is -4.58. The van der Waals surface area contributed by atoms with Crippen molar-refractivity contribution in [2.45, 2.75) is 12.8 Å². The van der Waals surface area contributed by atoms with E-state index in [0.29, 0.717) is 43.6 Å². The van der Waals surface area contributed by atoms with Gasteiger partial charge in [0.05, 0.1) is 11.3 Å². The summed E-state index contributed by atoms with van der Waals surface area (Å²) in [5.74, 6) is 0.924. The number of carbonyl (C=O) groups is 1. The first-order chi connectivity index (χ1) is 16.7. The first kappa shape index (κ1) is 24.3. The Morgan fingerprint density at radius 3 is 2.54 bits per heavy atom. The van der Waals surface area contributed by atoms with Crippen molar-refractivity contribution in [3.8, 4) is 5.88 Å². The summed E-state index contributed by atoms with van der Waals surface area (Å²) in [7, 11) is 0. The molecule has 3 N–H and O–H groups in total. The van der Waals surface area contributed by atoms with Gasteiger partial charge in [0.25, 0.3) is 5.88 Å². The predicted octanol–water partition coefficient (Wildman–Crippen LogP) is 3.45. The van der Waals surface area contributed by atoms with Gasteiger partial charge in [0.15, 0.2) is 5.82 Å². The maximum absolute atomic E-state index is 13.0. The molecule has 14 heteroatoms. The van der Waals surface area contributed by atoms with Crippen LogP contribution in [0.2, 0.25) is 5.02 Å². The van der Waals surface area contributed by atoms with Crippen molar-refractivity contribution in [3.63, 3.8) is 0 Å². The number of rotatable bonds is 5. The van der Waals surface area contributed by atoms with Crippen molar-refractivity contribution in [2.75, 3.05) is 42.1 Å². The van der Waals surface area contributed by atoms with E-state index in [0.717, 1.165) is 12.1 Å². The summed E-state index contributed by atoms with van der Waals surface area (Å²) in [5.41, 5.74) is 5.19. The molecule has 0 bridgehead atoms. The highest BCUT2D eigenvalue weighted by molar-refractivity contribution is 6.31. The number of anilines is 3. The molecule has 1 fully saturated rings. The second kappa shape index (κ2) is 10.2. The molecule has 35 heavy (non-hydrogen) atoms. The molecule has 0 unspecified atom stereocenters. The largest absolute Gasteiger partial charge is 0.469 e. The molecule has 184 valence electrons. The van der Waals surface area contributed by atoms with Gasteiger partial charge in [0.1, 0.15) is 6.61 Å². The molecule has 0 radical (unpaired) electrons. The highest BCUT2D eigenvalue weighted by atomic mass is 35.5. The lowest BCUT2D eigenvalue weighted by Gasteiger charge is -2.35. The second-order valence-corrected chi connectivity index (χ2v) is 7.95. The smallest absolute Gasteiger partial charge is 0.416 e. The molecule has 0 spiro atoms. The molecule has 1 aromatic carbocycles. The summed E-state index contributed by atoms with van der Waals surface area (Å²) in [4.78, 5) is 32.5. The van der Waals surface area contributed by atoms with E-state index >= 15 is 0 Å². The van der Waals surface area contributed by atoms with Crippen LogP contribution in [0.15, 0.2) is 42.9 Å². The van der Waals surface area contributed by atoms with Crippen LogP contribution in [0.25, 0.3) is 0 Å². The molecule has 3 aromatic rings. The normalized spacial score (nSPS) is 14.1. The summed E-state index contributed by atoms with van der Waals surface area (Å²) >= 11 is 5.79. The second-order valence-electron chi connectivity index (χ2n) is 7.51. The number of aromatic nitrogens is 4. The zero-order valence-electron chi connectivity index (χ0n) is 18.2. The number of nitrogens with two attached hydrogens (primary N) is 1. The Kier molecular flexibility index (Phi) is 7.05. The molecule has 0 atom stereocenters. The van der Waals surface area contributed by atoms with Crippen molar-refractivity contribution in [1.29, 1.82) is 0 Å². The van der Waals surface area contributed by atoms with Gasteiger partial charge in [-0.3, -0.25) is 0 Å². The summed E-state index contributed by atoms with van der Waals surface area (Å²) in [5, 5.41) is 2.36. The molecule has 10 nitrogen and oxygen atoms in total. The number of benzene rings is 1. The number of ether oxygens (including phenoxy) is 1. The molecular formula is C21H20ClF3N8O2. The van der Waals surface area contributed by atoms with Crippen molar-refractivity contribution in [3.05, 3.63) is 59.1 Å². The van der Waals surface area contributed by atoms with Crippen LogP contribution in [0.4, 0.5) is 35.4 Å². The Labute approximate surface area is 202 Å². The van der Waals surface area contributed by atoms with Gasteiger partial charge >= 0.3 is 12.2 Å². The number of hydrogen-bond donors (Lipinski definition) is 2. The SMILES string of the molecule is Nc1nccc(COc2nccnc2N2CCN(C(=O)Nc3cc(Cl)cc(C(F)(F)F)c3)CC2)n1. The third-order valence-electron chi connectivity index (χ3n) is 5.08. The van der Waals surface area contributed by atoms with E-state index in [2.05, 4.69) is 25.3 Å². The Bertz CT molecular complexity index is 1210. The van der Waals surface area contributed by atoms with E-state index in [-0.39, 0.29) is 23.3 Å². The van der Waals surface area contributed by atoms with Crippen LogP contribution in [-0.4, -0.2) is 57.0 Å². The Morgan fingerprint density at radius 1 is 1.09 bits per heavy atom. The van der Waals surface area contributed by atoms with Crippen LogP contribution >= 0.6 is 11.6 Å². The first-order valence-electron chi connectivity index (χ1n) is 10.4. The molecule has 0 saturated carbocycles. The Hall–Kier alpha value is -3.87. The van der Waals surface area contributed by atoms with E-state index in [1.807, 2.05) is 4.90 Å². The highest BCUT2D eigenvalue weighted by Gasteiger charge is 2.31. The number of nitrogen functional groups attached to an aromatic ring is 1. The minimum absolute atomic E-state index is 0.0350. The summed E-state index contributed by atoms with van der Waals surface area (Å²) in [6.07, 6.45) is -0.0266. The lowest BCUT2D eigenvalue weighted by Crippen LogP contribution is -2.50. The van der Waals surface area contributed by atoms with Gasteiger partial charge in [-0.2, -0.15) is 13.2 Å². The zero-order valence-corrected chi connectivity index (χ0v) is 18.9. The van der Waals surface area contributed by atoms with E-state index < -0.39 is 17.8 Å². The Balaban J connectivity index is 1.37. The number of amides is 2. The van der Waals surface area contributed by atoms with Crippen molar-refractivity contribution < 1.29 is 22.7 Å². The maximum atomic E-state index is 13.0. The number of alkyl halides is 3. The number of nitrogens with one attached hydrogen (secondary N) is 1. The molecule has 1 aliphatic heterocycles. The monoisotopic (exact) mass is 508 g/mol. The minimum Gasteiger partial charge on any atom is -0.469 e. The fourth-order valence-electron chi connectivity index (χ4n) is 3.42. The molecule has 2 aromatic heterocycles. The molecular weight excluding hydrogens is 489 g/mol. The van der Waals surface area contributed by atoms with Gasteiger partial charge in [-0.15, -0.1) is 0 Å². The zero-order chi connectivity index (χ0) is 25.0. The van der Waals surface area contributed by atoms with Gasteiger partial charge in [-0.05, 0) is 24.3 Å². The Morgan fingerprint density at radius 2 is 1.83 bits per heavy atom. The van der Waals surface area contributed by atoms with Crippen LogP contribution in [-0.2, 0) is 12.8 Å². The summed E-state index contributed by atoms with van der Waals surface area (Å²) < 4.78 is 44.9. The van der Waals surface area contributed by atoms with Crippen LogP contribution in [0.3, 0.4) is 0 Å². The first-order valence-corrected chi connectivity index (χ1v) is 10.8. The van der Waals surface area contributed by atoms with E-state index in [9.17, 15) is 18.0 Å².